The first-order valence-electron chi connectivity index (χ1n) is 5.45. The van der Waals surface area contributed by atoms with Gasteiger partial charge in [0.15, 0.2) is 0 Å². The van der Waals surface area contributed by atoms with Crippen molar-refractivity contribution in [2.75, 3.05) is 6.54 Å². The van der Waals surface area contributed by atoms with Crippen molar-refractivity contribution in [3.63, 3.8) is 0 Å². The Labute approximate surface area is 117 Å². The van der Waals surface area contributed by atoms with E-state index in [1.165, 1.54) is 12.1 Å². The fourth-order valence-electron chi connectivity index (χ4n) is 1.57. The molecule has 2 aromatic rings. The summed E-state index contributed by atoms with van der Waals surface area (Å²) in [7, 11) is 0. The maximum Gasteiger partial charge on any atom is 0.285 e. The lowest BCUT2D eigenvalue weighted by atomic mass is 10.1. The Morgan fingerprint density at radius 2 is 1.89 bits per heavy atom. The van der Waals surface area contributed by atoms with Gasteiger partial charge in [0.05, 0.1) is 6.54 Å². The van der Waals surface area contributed by atoms with E-state index in [-0.39, 0.29) is 12.1 Å². The summed E-state index contributed by atoms with van der Waals surface area (Å²) in [5.74, 6) is -2.84. The summed E-state index contributed by atoms with van der Waals surface area (Å²) in [6.45, 7) is 0.0853. The average molecular weight is 332 g/mol. The van der Waals surface area contributed by atoms with Gasteiger partial charge in [-0.25, -0.2) is 0 Å². The highest BCUT2D eigenvalue weighted by Crippen LogP contribution is 2.27. The molecule has 0 bridgehead atoms. The number of benzene rings is 1. The molecule has 1 aromatic carbocycles. The molecule has 1 aromatic heterocycles. The van der Waals surface area contributed by atoms with Gasteiger partial charge in [-0.15, -0.1) is 11.3 Å². The Bertz CT molecular complexity index is 499. The summed E-state index contributed by atoms with van der Waals surface area (Å²) in [5.41, 5.74) is 0.0442. The molecule has 2 rings (SSSR count). The predicted octanol–water partition coefficient (Wildman–Crippen LogP) is 4.39. The van der Waals surface area contributed by atoms with Crippen LogP contribution in [0.15, 0.2) is 46.3 Å². The second kappa shape index (κ2) is 5.91. The van der Waals surface area contributed by atoms with Gasteiger partial charge in [-0.1, -0.05) is 30.3 Å². The highest BCUT2D eigenvalue weighted by Gasteiger charge is 2.30. The van der Waals surface area contributed by atoms with E-state index in [9.17, 15) is 8.78 Å². The minimum absolute atomic E-state index is 0.0442. The summed E-state index contributed by atoms with van der Waals surface area (Å²) in [4.78, 5) is 1.03. The highest BCUT2D eigenvalue weighted by molar-refractivity contribution is 9.10. The lowest BCUT2D eigenvalue weighted by molar-refractivity contribution is -0.00338. The van der Waals surface area contributed by atoms with E-state index < -0.39 is 5.92 Å². The number of hydrogen-bond acceptors (Lipinski definition) is 2. The zero-order valence-corrected chi connectivity index (χ0v) is 11.9. The summed E-state index contributed by atoms with van der Waals surface area (Å²) >= 11 is 4.92. The van der Waals surface area contributed by atoms with Crippen LogP contribution in [0.2, 0.25) is 0 Å². The first kappa shape index (κ1) is 13.6. The minimum atomic E-state index is -2.84. The number of rotatable bonds is 5. The Kier molecular flexibility index (Phi) is 4.48. The molecule has 0 radical (unpaired) electrons. The number of halogens is 3. The molecular formula is C13H12BrF2NS. The molecule has 0 aliphatic carbocycles. The van der Waals surface area contributed by atoms with E-state index >= 15 is 0 Å². The quantitative estimate of drug-likeness (QED) is 0.856. The van der Waals surface area contributed by atoms with Gasteiger partial charge in [-0.3, -0.25) is 0 Å². The van der Waals surface area contributed by atoms with Crippen LogP contribution in [0, 0.1) is 0 Å². The van der Waals surface area contributed by atoms with Crippen molar-refractivity contribution < 1.29 is 8.78 Å². The Hall–Kier alpha value is -0.780. The summed E-state index contributed by atoms with van der Waals surface area (Å²) < 4.78 is 28.6. The maximum absolute atomic E-state index is 13.8. The van der Waals surface area contributed by atoms with Crippen molar-refractivity contribution in [3.05, 3.63) is 56.7 Å². The summed E-state index contributed by atoms with van der Waals surface area (Å²) in [6, 6.07) is 9.79. The largest absolute Gasteiger partial charge is 0.306 e. The average Bonchev–Trinajstić information content (AvgIpc) is 2.76. The number of thiophene rings is 1. The van der Waals surface area contributed by atoms with Crippen molar-refractivity contribution in [3.8, 4) is 0 Å². The van der Waals surface area contributed by atoms with Crippen molar-refractivity contribution in [2.24, 2.45) is 0 Å². The van der Waals surface area contributed by atoms with Gasteiger partial charge in [-0.2, -0.15) is 8.78 Å². The lowest BCUT2D eigenvalue weighted by Crippen LogP contribution is -2.30. The van der Waals surface area contributed by atoms with Crippen LogP contribution < -0.4 is 5.32 Å². The van der Waals surface area contributed by atoms with Crippen LogP contribution in [0.5, 0.6) is 0 Å². The Morgan fingerprint density at radius 3 is 2.50 bits per heavy atom. The summed E-state index contributed by atoms with van der Waals surface area (Å²) in [6.07, 6.45) is 0. The fourth-order valence-corrected chi connectivity index (χ4v) is 3.03. The SMILES string of the molecule is FC(F)(CNCc1sccc1Br)c1ccccc1. The van der Waals surface area contributed by atoms with Gasteiger partial charge in [0.2, 0.25) is 0 Å². The number of alkyl halides is 2. The van der Waals surface area contributed by atoms with Crippen LogP contribution in [0.25, 0.3) is 0 Å². The van der Waals surface area contributed by atoms with E-state index in [1.807, 2.05) is 11.4 Å². The molecule has 18 heavy (non-hydrogen) atoms. The zero-order chi connectivity index (χ0) is 13.0. The molecule has 0 fully saturated rings. The molecule has 0 unspecified atom stereocenters. The molecule has 0 aliphatic rings. The third-order valence-corrected chi connectivity index (χ3v) is 4.45. The smallest absolute Gasteiger partial charge is 0.285 e. The molecule has 0 atom stereocenters. The number of nitrogens with one attached hydrogen (secondary N) is 1. The van der Waals surface area contributed by atoms with Crippen LogP contribution in [0.3, 0.4) is 0 Å². The normalized spacial score (nSPS) is 11.7. The molecule has 1 N–H and O–H groups in total. The van der Waals surface area contributed by atoms with Crippen LogP contribution in [0.1, 0.15) is 10.4 Å². The van der Waals surface area contributed by atoms with Crippen LogP contribution in [-0.2, 0) is 12.5 Å². The molecule has 1 nitrogen and oxygen atoms in total. The summed E-state index contributed by atoms with van der Waals surface area (Å²) in [5, 5.41) is 4.72. The fraction of sp³-hybridized carbons (Fsp3) is 0.231. The number of hydrogen-bond donors (Lipinski definition) is 1. The second-order valence-corrected chi connectivity index (χ2v) is 5.72. The molecule has 1 heterocycles. The van der Waals surface area contributed by atoms with E-state index in [2.05, 4.69) is 21.2 Å². The van der Waals surface area contributed by atoms with Crippen molar-refractivity contribution >= 4 is 27.3 Å². The molecule has 0 saturated carbocycles. The molecule has 0 amide bonds. The first-order valence-corrected chi connectivity index (χ1v) is 7.13. The van der Waals surface area contributed by atoms with Crippen LogP contribution >= 0.6 is 27.3 Å². The second-order valence-electron chi connectivity index (χ2n) is 3.87. The lowest BCUT2D eigenvalue weighted by Gasteiger charge is -2.17. The Balaban J connectivity index is 1.92. The predicted molar refractivity (Wildman–Crippen MR) is 74.1 cm³/mol. The van der Waals surface area contributed by atoms with E-state index in [4.69, 9.17) is 0 Å². The Morgan fingerprint density at radius 1 is 1.17 bits per heavy atom. The van der Waals surface area contributed by atoms with E-state index in [0.29, 0.717) is 6.54 Å². The molecule has 0 aliphatic heterocycles. The van der Waals surface area contributed by atoms with Crippen LogP contribution in [-0.4, -0.2) is 6.54 Å². The third kappa shape index (κ3) is 3.37. The third-order valence-electron chi connectivity index (χ3n) is 2.52. The van der Waals surface area contributed by atoms with Gasteiger partial charge in [-0.05, 0) is 27.4 Å². The minimum Gasteiger partial charge on any atom is -0.306 e. The molecule has 0 saturated heterocycles. The first-order chi connectivity index (χ1) is 8.59. The standard InChI is InChI=1S/C13H12BrF2NS/c14-11-6-7-18-12(11)8-17-9-13(15,16)10-4-2-1-3-5-10/h1-7,17H,8-9H2. The zero-order valence-electron chi connectivity index (χ0n) is 9.50. The van der Waals surface area contributed by atoms with Gasteiger partial charge >= 0.3 is 0 Å². The van der Waals surface area contributed by atoms with Gasteiger partial charge in [0.25, 0.3) is 5.92 Å². The van der Waals surface area contributed by atoms with Crippen LogP contribution in [0.4, 0.5) is 8.78 Å². The molecule has 0 spiro atoms. The van der Waals surface area contributed by atoms with Crippen molar-refractivity contribution in [1.82, 2.24) is 5.32 Å². The van der Waals surface area contributed by atoms with E-state index in [0.717, 1.165) is 9.35 Å². The van der Waals surface area contributed by atoms with Crippen molar-refractivity contribution in [1.29, 1.82) is 0 Å². The maximum atomic E-state index is 13.8. The molecule has 5 heteroatoms. The van der Waals surface area contributed by atoms with E-state index in [1.54, 1.807) is 29.5 Å². The van der Waals surface area contributed by atoms with Gasteiger partial charge < -0.3 is 5.32 Å². The van der Waals surface area contributed by atoms with Gasteiger partial charge in [0, 0.05) is 21.5 Å². The van der Waals surface area contributed by atoms with Gasteiger partial charge in [0.1, 0.15) is 0 Å². The molecule has 96 valence electrons. The topological polar surface area (TPSA) is 12.0 Å². The molecular weight excluding hydrogens is 320 g/mol. The highest BCUT2D eigenvalue weighted by atomic mass is 79.9. The van der Waals surface area contributed by atoms with Crippen molar-refractivity contribution in [2.45, 2.75) is 12.5 Å². The monoisotopic (exact) mass is 331 g/mol.